The number of carboxylic acid groups (broad SMARTS) is 1. The maximum atomic E-state index is 10.8. The minimum absolute atomic E-state index is 0.117. The second kappa shape index (κ2) is 5.84. The minimum atomic E-state index is -5.08. The summed E-state index contributed by atoms with van der Waals surface area (Å²) in [7, 11) is -2.83. The maximum absolute atomic E-state index is 10.8. The van der Waals surface area contributed by atoms with Gasteiger partial charge in [-0.05, 0) is 0 Å². The number of carbonyl (C=O) groups excluding carboxylic acids is 1. The summed E-state index contributed by atoms with van der Waals surface area (Å²) < 4.78 is 53.3. The highest BCUT2D eigenvalue weighted by Crippen LogP contribution is 2.13. The molecule has 0 atom stereocenters. The Bertz CT molecular complexity index is 363. The van der Waals surface area contributed by atoms with Crippen LogP contribution in [-0.2, 0) is 19.4 Å². The summed E-state index contributed by atoms with van der Waals surface area (Å²) in [5.41, 5.74) is 0. The zero-order valence-electron chi connectivity index (χ0n) is 8.48. The average Bonchev–Trinajstić information content (AvgIpc) is 2.17. The van der Waals surface area contributed by atoms with Crippen LogP contribution in [-0.4, -0.2) is 61.6 Å². The fourth-order valence-electron chi connectivity index (χ4n) is 0.832. The SMILES string of the molecule is O=C(O)C(F)(F)F.O=CN1CCS(=O)(=O)CC1. The quantitative estimate of drug-likeness (QED) is 0.653. The minimum Gasteiger partial charge on any atom is -0.475 e. The van der Waals surface area contributed by atoms with E-state index in [9.17, 15) is 26.4 Å². The number of aliphatic carboxylic acids is 1. The number of alkyl halides is 3. The van der Waals surface area contributed by atoms with E-state index < -0.39 is 22.0 Å². The van der Waals surface area contributed by atoms with Gasteiger partial charge in [-0.2, -0.15) is 13.2 Å². The monoisotopic (exact) mass is 277 g/mol. The van der Waals surface area contributed by atoms with Crippen molar-refractivity contribution in [1.29, 1.82) is 0 Å². The third kappa shape index (κ3) is 6.76. The predicted molar refractivity (Wildman–Crippen MR) is 50.0 cm³/mol. The van der Waals surface area contributed by atoms with Crippen LogP contribution in [0.2, 0.25) is 0 Å². The molecule has 0 unspecified atom stereocenters. The normalized spacial score (nSPS) is 18.9. The van der Waals surface area contributed by atoms with Crippen molar-refractivity contribution in [3.63, 3.8) is 0 Å². The van der Waals surface area contributed by atoms with E-state index in [1.807, 2.05) is 0 Å². The molecule has 1 amide bonds. The van der Waals surface area contributed by atoms with Crippen LogP contribution >= 0.6 is 0 Å². The standard InChI is InChI=1S/C5H9NO3S.C2HF3O2/c7-5-6-1-3-10(8,9)4-2-6;3-2(4,5)1(6)7/h5H,1-4H2;(H,6,7). The van der Waals surface area contributed by atoms with Crippen LogP contribution in [0.5, 0.6) is 0 Å². The van der Waals surface area contributed by atoms with E-state index in [2.05, 4.69) is 0 Å². The Morgan fingerprint density at radius 2 is 1.59 bits per heavy atom. The maximum Gasteiger partial charge on any atom is 0.490 e. The molecule has 1 heterocycles. The van der Waals surface area contributed by atoms with Crippen molar-refractivity contribution in [2.75, 3.05) is 24.6 Å². The first-order valence-corrected chi connectivity index (χ1v) is 6.10. The number of carboxylic acids is 1. The topological polar surface area (TPSA) is 91.8 Å². The molecule has 100 valence electrons. The third-order valence-electron chi connectivity index (χ3n) is 1.77. The van der Waals surface area contributed by atoms with Gasteiger partial charge in [0.05, 0.1) is 11.5 Å². The van der Waals surface area contributed by atoms with Crippen LogP contribution in [0.3, 0.4) is 0 Å². The molecule has 1 rings (SSSR count). The number of rotatable bonds is 1. The van der Waals surface area contributed by atoms with Gasteiger partial charge in [0.2, 0.25) is 6.41 Å². The summed E-state index contributed by atoms with van der Waals surface area (Å²) in [5, 5.41) is 7.12. The number of hydrogen-bond donors (Lipinski definition) is 1. The Balaban J connectivity index is 0.000000325. The fourth-order valence-corrected chi connectivity index (χ4v) is 2.06. The van der Waals surface area contributed by atoms with Gasteiger partial charge in [0, 0.05) is 13.1 Å². The van der Waals surface area contributed by atoms with Crippen LogP contribution in [0.4, 0.5) is 13.2 Å². The second-order valence-corrected chi connectivity index (χ2v) is 5.40. The number of halogens is 3. The molecule has 0 aromatic heterocycles. The summed E-state index contributed by atoms with van der Waals surface area (Å²) >= 11 is 0. The Morgan fingerprint density at radius 3 is 1.82 bits per heavy atom. The lowest BCUT2D eigenvalue weighted by Gasteiger charge is -2.21. The van der Waals surface area contributed by atoms with Gasteiger partial charge in [-0.15, -0.1) is 0 Å². The Kier molecular flexibility index (Phi) is 5.39. The second-order valence-electron chi connectivity index (χ2n) is 3.10. The molecule has 1 aliphatic heterocycles. The van der Waals surface area contributed by atoms with Crippen LogP contribution in [0, 0.1) is 0 Å². The van der Waals surface area contributed by atoms with E-state index in [0.29, 0.717) is 19.5 Å². The lowest BCUT2D eigenvalue weighted by atomic mass is 10.5. The lowest BCUT2D eigenvalue weighted by molar-refractivity contribution is -0.192. The Labute approximate surface area is 94.9 Å². The molecule has 1 fully saturated rings. The van der Waals surface area contributed by atoms with Crippen molar-refractivity contribution in [2.24, 2.45) is 0 Å². The van der Waals surface area contributed by atoms with Crippen molar-refractivity contribution in [3.05, 3.63) is 0 Å². The summed E-state index contributed by atoms with van der Waals surface area (Å²) in [6.07, 6.45) is -4.39. The van der Waals surface area contributed by atoms with Crippen LogP contribution < -0.4 is 0 Å². The molecular weight excluding hydrogens is 267 g/mol. The van der Waals surface area contributed by atoms with Gasteiger partial charge in [-0.3, -0.25) is 4.79 Å². The number of sulfone groups is 1. The van der Waals surface area contributed by atoms with E-state index >= 15 is 0 Å². The van der Waals surface area contributed by atoms with Crippen molar-refractivity contribution >= 4 is 22.2 Å². The molecule has 0 saturated carbocycles. The number of nitrogens with zero attached hydrogens (tertiary/aromatic N) is 1. The van der Waals surface area contributed by atoms with Gasteiger partial charge >= 0.3 is 12.1 Å². The zero-order valence-corrected chi connectivity index (χ0v) is 9.29. The van der Waals surface area contributed by atoms with Crippen molar-refractivity contribution in [1.82, 2.24) is 4.90 Å². The number of hydrogen-bond acceptors (Lipinski definition) is 4. The fraction of sp³-hybridized carbons (Fsp3) is 0.714. The first-order chi connectivity index (χ1) is 7.58. The third-order valence-corrected chi connectivity index (χ3v) is 3.38. The Morgan fingerprint density at radius 1 is 1.24 bits per heavy atom. The number of amides is 1. The van der Waals surface area contributed by atoms with Gasteiger partial charge in [-0.25, -0.2) is 13.2 Å². The van der Waals surface area contributed by atoms with E-state index in [-0.39, 0.29) is 11.5 Å². The highest BCUT2D eigenvalue weighted by atomic mass is 32.2. The zero-order chi connectivity index (χ0) is 13.7. The first-order valence-electron chi connectivity index (χ1n) is 4.28. The molecule has 0 aliphatic carbocycles. The van der Waals surface area contributed by atoms with Crippen LogP contribution in [0.15, 0.2) is 0 Å². The Hall–Kier alpha value is -1.32. The number of carbonyl (C=O) groups is 2. The smallest absolute Gasteiger partial charge is 0.475 e. The van der Waals surface area contributed by atoms with Crippen molar-refractivity contribution in [2.45, 2.75) is 6.18 Å². The van der Waals surface area contributed by atoms with E-state index in [1.54, 1.807) is 0 Å². The first kappa shape index (κ1) is 15.7. The van der Waals surface area contributed by atoms with Gasteiger partial charge in [0.15, 0.2) is 9.84 Å². The van der Waals surface area contributed by atoms with Crippen molar-refractivity contribution < 1.29 is 36.3 Å². The van der Waals surface area contributed by atoms with E-state index in [4.69, 9.17) is 9.90 Å². The van der Waals surface area contributed by atoms with Gasteiger partial charge in [0.25, 0.3) is 0 Å². The molecular formula is C7H10F3NO5S. The van der Waals surface area contributed by atoms with E-state index in [1.165, 1.54) is 4.90 Å². The molecule has 0 spiro atoms. The molecule has 1 N–H and O–H groups in total. The van der Waals surface area contributed by atoms with E-state index in [0.717, 1.165) is 0 Å². The molecule has 17 heavy (non-hydrogen) atoms. The van der Waals surface area contributed by atoms with Gasteiger partial charge < -0.3 is 10.0 Å². The summed E-state index contributed by atoms with van der Waals surface area (Å²) in [5.74, 6) is -2.52. The summed E-state index contributed by atoms with van der Waals surface area (Å²) in [6.45, 7) is 0.706. The molecule has 1 aliphatic rings. The molecule has 1 saturated heterocycles. The highest BCUT2D eigenvalue weighted by molar-refractivity contribution is 7.91. The molecule has 0 aromatic carbocycles. The van der Waals surface area contributed by atoms with Gasteiger partial charge in [0.1, 0.15) is 0 Å². The molecule has 6 nitrogen and oxygen atoms in total. The summed E-state index contributed by atoms with van der Waals surface area (Å²) in [4.78, 5) is 20.5. The summed E-state index contributed by atoms with van der Waals surface area (Å²) in [6, 6.07) is 0. The van der Waals surface area contributed by atoms with Crippen LogP contribution in [0.1, 0.15) is 0 Å². The van der Waals surface area contributed by atoms with Crippen molar-refractivity contribution in [3.8, 4) is 0 Å². The molecule has 0 radical (unpaired) electrons. The van der Waals surface area contributed by atoms with Gasteiger partial charge in [-0.1, -0.05) is 0 Å². The molecule has 0 bridgehead atoms. The highest BCUT2D eigenvalue weighted by Gasteiger charge is 2.38. The lowest BCUT2D eigenvalue weighted by Crippen LogP contribution is -2.39. The van der Waals surface area contributed by atoms with Crippen LogP contribution in [0.25, 0.3) is 0 Å². The predicted octanol–water partition coefficient (Wildman–Crippen LogP) is -0.493. The molecule has 10 heteroatoms. The average molecular weight is 277 g/mol. The largest absolute Gasteiger partial charge is 0.490 e. The molecule has 0 aromatic rings.